The van der Waals surface area contributed by atoms with Crippen molar-refractivity contribution in [2.24, 2.45) is 5.92 Å². The molecule has 1 amide bonds. The molecule has 0 fully saturated rings. The van der Waals surface area contributed by atoms with Crippen molar-refractivity contribution in [1.29, 1.82) is 0 Å². The summed E-state index contributed by atoms with van der Waals surface area (Å²) in [5, 5.41) is 11.7. The SMILES string of the molecule is CCC(CCO)CNC(=O)c1cncc(C)c1. The van der Waals surface area contributed by atoms with Crippen molar-refractivity contribution in [2.45, 2.75) is 26.7 Å². The first kappa shape index (κ1) is 13.6. The largest absolute Gasteiger partial charge is 0.396 e. The molecule has 0 aromatic carbocycles. The summed E-state index contributed by atoms with van der Waals surface area (Å²) in [7, 11) is 0. The first-order valence-electron chi connectivity index (χ1n) is 5.98. The lowest BCUT2D eigenvalue weighted by atomic mass is 10.0. The summed E-state index contributed by atoms with van der Waals surface area (Å²) in [6, 6.07) is 1.81. The Morgan fingerprint density at radius 1 is 1.53 bits per heavy atom. The minimum Gasteiger partial charge on any atom is -0.396 e. The molecule has 17 heavy (non-hydrogen) atoms. The van der Waals surface area contributed by atoms with Crippen LogP contribution in [0.5, 0.6) is 0 Å². The summed E-state index contributed by atoms with van der Waals surface area (Å²) in [5.41, 5.74) is 1.56. The Bertz CT molecular complexity index is 366. The number of carbonyl (C=O) groups is 1. The van der Waals surface area contributed by atoms with Crippen molar-refractivity contribution in [3.05, 3.63) is 29.6 Å². The Balaban J connectivity index is 2.49. The van der Waals surface area contributed by atoms with Gasteiger partial charge in [0.15, 0.2) is 0 Å². The van der Waals surface area contributed by atoms with Gasteiger partial charge < -0.3 is 10.4 Å². The summed E-state index contributed by atoms with van der Waals surface area (Å²) < 4.78 is 0. The Labute approximate surface area is 102 Å². The molecule has 0 spiro atoms. The summed E-state index contributed by atoms with van der Waals surface area (Å²) >= 11 is 0. The number of aromatic nitrogens is 1. The van der Waals surface area contributed by atoms with Crippen LogP contribution in [-0.4, -0.2) is 29.1 Å². The quantitative estimate of drug-likeness (QED) is 0.787. The van der Waals surface area contributed by atoms with E-state index in [0.717, 1.165) is 18.4 Å². The normalized spacial score (nSPS) is 12.2. The zero-order chi connectivity index (χ0) is 12.7. The number of nitrogens with one attached hydrogen (secondary N) is 1. The van der Waals surface area contributed by atoms with Crippen LogP contribution in [-0.2, 0) is 0 Å². The average Bonchev–Trinajstić information content (AvgIpc) is 2.34. The Morgan fingerprint density at radius 2 is 2.29 bits per heavy atom. The standard InChI is InChI=1S/C13H20N2O2/c1-3-11(4-5-16)8-15-13(17)12-6-10(2)7-14-9-12/h6-7,9,11,16H,3-5,8H2,1-2H3,(H,15,17). The van der Waals surface area contributed by atoms with E-state index in [1.54, 1.807) is 12.4 Å². The monoisotopic (exact) mass is 236 g/mol. The highest BCUT2D eigenvalue weighted by Gasteiger charge is 2.10. The maximum absolute atomic E-state index is 11.8. The fraction of sp³-hybridized carbons (Fsp3) is 0.538. The molecule has 1 heterocycles. The van der Waals surface area contributed by atoms with E-state index in [1.165, 1.54) is 0 Å². The molecule has 1 aromatic rings. The van der Waals surface area contributed by atoms with E-state index in [1.807, 2.05) is 13.0 Å². The van der Waals surface area contributed by atoms with E-state index in [9.17, 15) is 4.79 Å². The molecule has 0 saturated heterocycles. The maximum atomic E-state index is 11.8. The number of rotatable bonds is 6. The molecule has 1 unspecified atom stereocenters. The number of nitrogens with zero attached hydrogens (tertiary/aromatic N) is 1. The van der Waals surface area contributed by atoms with Gasteiger partial charge in [0.05, 0.1) is 5.56 Å². The van der Waals surface area contributed by atoms with E-state index in [2.05, 4.69) is 17.2 Å². The van der Waals surface area contributed by atoms with E-state index < -0.39 is 0 Å². The van der Waals surface area contributed by atoms with Crippen molar-refractivity contribution < 1.29 is 9.90 Å². The third kappa shape index (κ3) is 4.53. The van der Waals surface area contributed by atoms with Gasteiger partial charge >= 0.3 is 0 Å². The number of aliphatic hydroxyl groups excluding tert-OH is 1. The molecule has 4 heteroatoms. The second-order valence-corrected chi connectivity index (χ2v) is 4.25. The zero-order valence-corrected chi connectivity index (χ0v) is 10.4. The molecule has 1 rings (SSSR count). The van der Waals surface area contributed by atoms with Crippen molar-refractivity contribution in [3.8, 4) is 0 Å². The fourth-order valence-corrected chi connectivity index (χ4v) is 1.65. The van der Waals surface area contributed by atoms with Gasteiger partial charge in [0, 0.05) is 25.5 Å². The second kappa shape index (κ2) is 7.01. The highest BCUT2D eigenvalue weighted by Crippen LogP contribution is 2.07. The average molecular weight is 236 g/mol. The third-order valence-electron chi connectivity index (χ3n) is 2.80. The summed E-state index contributed by atoms with van der Waals surface area (Å²) in [6.45, 7) is 4.73. The molecule has 4 nitrogen and oxygen atoms in total. The molecular weight excluding hydrogens is 216 g/mol. The summed E-state index contributed by atoms with van der Waals surface area (Å²) in [5.74, 6) is 0.235. The summed E-state index contributed by atoms with van der Waals surface area (Å²) in [6.07, 6.45) is 4.96. The lowest BCUT2D eigenvalue weighted by molar-refractivity contribution is 0.0943. The molecule has 94 valence electrons. The van der Waals surface area contributed by atoms with Crippen molar-refractivity contribution in [2.75, 3.05) is 13.2 Å². The van der Waals surface area contributed by atoms with Gasteiger partial charge in [-0.3, -0.25) is 9.78 Å². The van der Waals surface area contributed by atoms with E-state index in [0.29, 0.717) is 18.0 Å². The van der Waals surface area contributed by atoms with Crippen molar-refractivity contribution in [1.82, 2.24) is 10.3 Å². The highest BCUT2D eigenvalue weighted by molar-refractivity contribution is 5.93. The van der Waals surface area contributed by atoms with Crippen LogP contribution in [0, 0.1) is 12.8 Å². The zero-order valence-electron chi connectivity index (χ0n) is 10.4. The Hall–Kier alpha value is -1.42. The Morgan fingerprint density at radius 3 is 2.88 bits per heavy atom. The minimum atomic E-state index is -0.0995. The first-order valence-corrected chi connectivity index (χ1v) is 5.98. The number of pyridine rings is 1. The molecule has 0 radical (unpaired) electrons. The van der Waals surface area contributed by atoms with Crippen LogP contribution in [0.3, 0.4) is 0 Å². The third-order valence-corrected chi connectivity index (χ3v) is 2.80. The molecule has 0 aliphatic heterocycles. The van der Waals surface area contributed by atoms with Crippen LogP contribution in [0.25, 0.3) is 0 Å². The van der Waals surface area contributed by atoms with Gasteiger partial charge in [0.25, 0.3) is 5.91 Å². The van der Waals surface area contributed by atoms with Gasteiger partial charge in [-0.1, -0.05) is 13.3 Å². The molecule has 1 atom stereocenters. The molecule has 1 aromatic heterocycles. The highest BCUT2D eigenvalue weighted by atomic mass is 16.3. The van der Waals surface area contributed by atoms with Crippen molar-refractivity contribution in [3.63, 3.8) is 0 Å². The van der Waals surface area contributed by atoms with Crippen molar-refractivity contribution >= 4 is 5.91 Å². The number of carbonyl (C=O) groups excluding carboxylic acids is 1. The number of aliphatic hydroxyl groups is 1. The van der Waals surface area contributed by atoms with Crippen LogP contribution in [0.4, 0.5) is 0 Å². The second-order valence-electron chi connectivity index (χ2n) is 4.25. The molecule has 0 aliphatic carbocycles. The van der Waals surface area contributed by atoms with E-state index in [-0.39, 0.29) is 12.5 Å². The van der Waals surface area contributed by atoms with Gasteiger partial charge in [0.2, 0.25) is 0 Å². The predicted molar refractivity (Wildman–Crippen MR) is 66.8 cm³/mol. The van der Waals surface area contributed by atoms with E-state index >= 15 is 0 Å². The Kier molecular flexibility index (Phi) is 5.63. The van der Waals surface area contributed by atoms with Crippen LogP contribution in [0.15, 0.2) is 18.5 Å². The topological polar surface area (TPSA) is 62.2 Å². The molecular formula is C13H20N2O2. The maximum Gasteiger partial charge on any atom is 0.252 e. The fourth-order valence-electron chi connectivity index (χ4n) is 1.65. The van der Waals surface area contributed by atoms with E-state index in [4.69, 9.17) is 5.11 Å². The number of hydrogen-bond acceptors (Lipinski definition) is 3. The molecule has 2 N–H and O–H groups in total. The van der Waals surface area contributed by atoms with Crippen LogP contribution >= 0.6 is 0 Å². The van der Waals surface area contributed by atoms with Gasteiger partial charge in [-0.15, -0.1) is 0 Å². The van der Waals surface area contributed by atoms with Crippen LogP contribution < -0.4 is 5.32 Å². The minimum absolute atomic E-state index is 0.0995. The summed E-state index contributed by atoms with van der Waals surface area (Å²) in [4.78, 5) is 15.8. The van der Waals surface area contributed by atoms with Crippen LogP contribution in [0.1, 0.15) is 35.7 Å². The predicted octanol–water partition coefficient (Wildman–Crippen LogP) is 1.53. The number of amides is 1. The van der Waals surface area contributed by atoms with Crippen LogP contribution in [0.2, 0.25) is 0 Å². The molecule has 0 aliphatic rings. The molecule has 0 saturated carbocycles. The van der Waals surface area contributed by atoms with Gasteiger partial charge in [-0.25, -0.2) is 0 Å². The smallest absolute Gasteiger partial charge is 0.252 e. The number of hydrogen-bond donors (Lipinski definition) is 2. The lowest BCUT2D eigenvalue weighted by Gasteiger charge is -2.14. The van der Waals surface area contributed by atoms with Gasteiger partial charge in [-0.2, -0.15) is 0 Å². The lowest BCUT2D eigenvalue weighted by Crippen LogP contribution is -2.29. The van der Waals surface area contributed by atoms with Gasteiger partial charge in [0.1, 0.15) is 0 Å². The number of aryl methyl sites for hydroxylation is 1. The molecule has 0 bridgehead atoms. The first-order chi connectivity index (χ1) is 8.17. The van der Waals surface area contributed by atoms with Gasteiger partial charge in [-0.05, 0) is 30.9 Å².